The number of aromatic carboxylic acids is 1. The summed E-state index contributed by atoms with van der Waals surface area (Å²) >= 11 is 5.69. The van der Waals surface area contributed by atoms with Gasteiger partial charge in [0.05, 0.1) is 10.5 Å². The third kappa shape index (κ3) is 3.26. The number of benzene rings is 2. The molecule has 2 aromatic carbocycles. The molecule has 0 aliphatic carbocycles. The maximum absolute atomic E-state index is 13.6. The van der Waals surface area contributed by atoms with Gasteiger partial charge in [0, 0.05) is 16.8 Å². The Labute approximate surface area is 122 Å². The van der Waals surface area contributed by atoms with Gasteiger partial charge in [-0.05, 0) is 30.3 Å². The van der Waals surface area contributed by atoms with E-state index in [-0.39, 0.29) is 22.1 Å². The fourth-order valence-electron chi connectivity index (χ4n) is 1.68. The summed E-state index contributed by atoms with van der Waals surface area (Å²) < 4.78 is 13.6. The molecule has 108 valence electrons. The molecule has 0 amide bonds. The molecule has 0 fully saturated rings. The molecule has 0 spiro atoms. The third-order valence-corrected chi connectivity index (χ3v) is 2.87. The van der Waals surface area contributed by atoms with Crippen molar-refractivity contribution in [2.45, 2.75) is 0 Å². The van der Waals surface area contributed by atoms with Crippen LogP contribution in [-0.4, -0.2) is 16.0 Å². The summed E-state index contributed by atoms with van der Waals surface area (Å²) in [6, 6.07) is 7.31. The number of hydrogen-bond donors (Lipinski definition) is 2. The van der Waals surface area contributed by atoms with Gasteiger partial charge in [-0.25, -0.2) is 9.18 Å². The first-order chi connectivity index (χ1) is 9.88. The number of carboxylic acid groups (broad SMARTS) is 1. The molecule has 2 rings (SSSR count). The molecule has 0 heterocycles. The number of carboxylic acids is 1. The van der Waals surface area contributed by atoms with E-state index >= 15 is 0 Å². The van der Waals surface area contributed by atoms with Crippen molar-refractivity contribution in [1.29, 1.82) is 0 Å². The van der Waals surface area contributed by atoms with Crippen molar-refractivity contribution in [3.8, 4) is 0 Å². The van der Waals surface area contributed by atoms with Gasteiger partial charge >= 0.3 is 5.97 Å². The third-order valence-electron chi connectivity index (χ3n) is 2.63. The molecule has 0 saturated carbocycles. The molecule has 6 nitrogen and oxygen atoms in total. The van der Waals surface area contributed by atoms with Crippen molar-refractivity contribution in [2.24, 2.45) is 0 Å². The van der Waals surface area contributed by atoms with Crippen molar-refractivity contribution < 1.29 is 19.2 Å². The van der Waals surface area contributed by atoms with Gasteiger partial charge in [-0.3, -0.25) is 10.1 Å². The highest BCUT2D eigenvalue weighted by Gasteiger charge is 2.16. The number of nitro benzene ring substituents is 1. The number of nitrogens with one attached hydrogen (secondary N) is 1. The summed E-state index contributed by atoms with van der Waals surface area (Å²) in [5.74, 6) is -2.33. The highest BCUT2D eigenvalue weighted by atomic mass is 35.5. The van der Waals surface area contributed by atoms with Gasteiger partial charge in [0.1, 0.15) is 11.5 Å². The van der Waals surface area contributed by atoms with Crippen LogP contribution in [0.5, 0.6) is 0 Å². The maximum Gasteiger partial charge on any atom is 0.338 e. The highest BCUT2D eigenvalue weighted by Crippen LogP contribution is 2.30. The molecule has 0 atom stereocenters. The Morgan fingerprint density at radius 2 is 2.00 bits per heavy atom. The molecular weight excluding hydrogens is 303 g/mol. The largest absolute Gasteiger partial charge is 0.478 e. The van der Waals surface area contributed by atoms with Crippen LogP contribution in [0, 0.1) is 15.9 Å². The Hall–Kier alpha value is -2.67. The second kappa shape index (κ2) is 5.76. The second-order valence-electron chi connectivity index (χ2n) is 4.04. The molecule has 8 heteroatoms. The number of halogens is 2. The van der Waals surface area contributed by atoms with E-state index in [0.717, 1.165) is 18.2 Å². The summed E-state index contributed by atoms with van der Waals surface area (Å²) in [6.45, 7) is 0. The molecule has 0 unspecified atom stereocenters. The summed E-state index contributed by atoms with van der Waals surface area (Å²) in [6.07, 6.45) is 0. The Balaban J connectivity index is 2.37. The first kappa shape index (κ1) is 14.7. The second-order valence-corrected chi connectivity index (χ2v) is 4.48. The van der Waals surface area contributed by atoms with Gasteiger partial charge < -0.3 is 10.4 Å². The number of carbonyl (C=O) groups is 1. The molecule has 0 aliphatic heterocycles. The normalized spacial score (nSPS) is 10.2. The average molecular weight is 311 g/mol. The van der Waals surface area contributed by atoms with Crippen LogP contribution in [0.3, 0.4) is 0 Å². The Morgan fingerprint density at radius 1 is 1.29 bits per heavy atom. The van der Waals surface area contributed by atoms with Crippen LogP contribution in [-0.2, 0) is 0 Å². The summed E-state index contributed by atoms with van der Waals surface area (Å²) in [5, 5.41) is 22.5. The zero-order valence-electron chi connectivity index (χ0n) is 10.3. The molecule has 21 heavy (non-hydrogen) atoms. The van der Waals surface area contributed by atoms with Crippen LogP contribution in [0.1, 0.15) is 10.4 Å². The highest BCUT2D eigenvalue weighted by molar-refractivity contribution is 6.30. The van der Waals surface area contributed by atoms with Crippen LogP contribution >= 0.6 is 11.6 Å². The van der Waals surface area contributed by atoms with Gasteiger partial charge in [-0.2, -0.15) is 0 Å². The zero-order valence-corrected chi connectivity index (χ0v) is 11.1. The van der Waals surface area contributed by atoms with E-state index in [1.54, 1.807) is 0 Å². The summed E-state index contributed by atoms with van der Waals surface area (Å²) in [5.41, 5.74) is -0.453. The predicted octanol–water partition coefficient (Wildman–Crippen LogP) is 3.83. The van der Waals surface area contributed by atoms with Crippen molar-refractivity contribution in [3.63, 3.8) is 0 Å². The van der Waals surface area contributed by atoms with Gasteiger partial charge in [-0.1, -0.05) is 11.6 Å². The monoisotopic (exact) mass is 310 g/mol. The van der Waals surface area contributed by atoms with E-state index in [1.807, 2.05) is 0 Å². The van der Waals surface area contributed by atoms with E-state index in [2.05, 4.69) is 5.32 Å². The van der Waals surface area contributed by atoms with Gasteiger partial charge in [0.15, 0.2) is 0 Å². The fourth-order valence-corrected chi connectivity index (χ4v) is 1.85. The molecule has 0 aliphatic rings. The van der Waals surface area contributed by atoms with Gasteiger partial charge in [-0.15, -0.1) is 0 Å². The Kier molecular flexibility index (Phi) is 4.04. The molecule has 2 N–H and O–H groups in total. The lowest BCUT2D eigenvalue weighted by Gasteiger charge is -2.08. The quantitative estimate of drug-likeness (QED) is 0.661. The number of hydrogen-bond acceptors (Lipinski definition) is 4. The lowest BCUT2D eigenvalue weighted by Crippen LogP contribution is -2.02. The summed E-state index contributed by atoms with van der Waals surface area (Å²) in [4.78, 5) is 21.0. The lowest BCUT2D eigenvalue weighted by molar-refractivity contribution is -0.383. The molecule has 0 saturated heterocycles. The fraction of sp³-hybridized carbons (Fsp3) is 0. The first-order valence-electron chi connectivity index (χ1n) is 5.62. The van der Waals surface area contributed by atoms with Crippen LogP contribution in [0.2, 0.25) is 5.02 Å². The SMILES string of the molecule is O=C(O)c1ccc(Nc2ccc(Cl)cc2[N+](=O)[O-])cc1F. The molecule has 0 radical (unpaired) electrons. The first-order valence-corrected chi connectivity index (χ1v) is 6.00. The maximum atomic E-state index is 13.6. The topological polar surface area (TPSA) is 92.5 Å². The van der Waals surface area contributed by atoms with Crippen molar-refractivity contribution in [3.05, 3.63) is 62.9 Å². The lowest BCUT2D eigenvalue weighted by atomic mass is 10.2. The number of rotatable bonds is 4. The van der Waals surface area contributed by atoms with E-state index in [4.69, 9.17) is 16.7 Å². The Morgan fingerprint density at radius 3 is 2.57 bits per heavy atom. The van der Waals surface area contributed by atoms with Gasteiger partial charge in [0.25, 0.3) is 5.69 Å². The van der Waals surface area contributed by atoms with Crippen molar-refractivity contribution >= 4 is 34.6 Å². The number of anilines is 2. The van der Waals surface area contributed by atoms with Crippen LogP contribution in [0.15, 0.2) is 36.4 Å². The molecule has 0 aromatic heterocycles. The molecule has 0 bridgehead atoms. The van der Waals surface area contributed by atoms with Gasteiger partial charge in [0.2, 0.25) is 0 Å². The zero-order chi connectivity index (χ0) is 15.6. The standard InChI is InChI=1S/C13H8ClFN2O4/c14-7-1-4-11(12(5-7)17(20)21)16-8-2-3-9(13(18)19)10(15)6-8/h1-6,16H,(H,18,19). The number of nitro groups is 1. The minimum Gasteiger partial charge on any atom is -0.478 e. The minimum absolute atomic E-state index is 0.117. The van der Waals surface area contributed by atoms with E-state index in [0.29, 0.717) is 0 Å². The Bertz CT molecular complexity index is 736. The van der Waals surface area contributed by atoms with Crippen LogP contribution in [0.4, 0.5) is 21.5 Å². The van der Waals surface area contributed by atoms with E-state index < -0.39 is 22.3 Å². The van der Waals surface area contributed by atoms with Crippen molar-refractivity contribution in [1.82, 2.24) is 0 Å². The average Bonchev–Trinajstić information content (AvgIpc) is 2.40. The van der Waals surface area contributed by atoms with Crippen LogP contribution in [0.25, 0.3) is 0 Å². The smallest absolute Gasteiger partial charge is 0.338 e. The van der Waals surface area contributed by atoms with Crippen molar-refractivity contribution in [2.75, 3.05) is 5.32 Å². The minimum atomic E-state index is -1.39. The molecule has 2 aromatic rings. The molecular formula is C13H8ClFN2O4. The van der Waals surface area contributed by atoms with Crippen LogP contribution < -0.4 is 5.32 Å². The van der Waals surface area contributed by atoms with E-state index in [9.17, 15) is 19.3 Å². The summed E-state index contributed by atoms with van der Waals surface area (Å²) in [7, 11) is 0. The number of nitrogens with zero attached hydrogens (tertiary/aromatic N) is 1. The van der Waals surface area contributed by atoms with E-state index in [1.165, 1.54) is 18.2 Å². The predicted molar refractivity (Wildman–Crippen MR) is 74.7 cm³/mol.